The van der Waals surface area contributed by atoms with Gasteiger partial charge in [0.15, 0.2) is 24.8 Å². The van der Waals surface area contributed by atoms with Crippen LogP contribution in [-0.4, -0.2) is 39.6 Å². The average molecular weight is 986 g/mol. The lowest BCUT2D eigenvalue weighted by molar-refractivity contribution is -0.596. The second-order valence-corrected chi connectivity index (χ2v) is 15.7. The Hall–Kier alpha value is -8.91. The number of halogens is 2. The van der Waals surface area contributed by atoms with E-state index in [-0.39, 0.29) is 41.6 Å². The Bertz CT molecular complexity index is 3320. The van der Waals surface area contributed by atoms with E-state index in [2.05, 4.69) is 131 Å². The maximum atomic E-state index is 13.3. The Morgan fingerprint density at radius 2 is 1.11 bits per heavy atom. The number of anilines is 1. The summed E-state index contributed by atoms with van der Waals surface area (Å²) < 4.78 is 10.5. The minimum Gasteiger partial charge on any atom is -1.00 e. The van der Waals surface area contributed by atoms with Crippen molar-refractivity contribution in [2.75, 3.05) is 12.0 Å². The van der Waals surface area contributed by atoms with Crippen LogP contribution in [0.5, 0.6) is 11.6 Å². The molecule has 9 rings (SSSR count). The van der Waals surface area contributed by atoms with Crippen molar-refractivity contribution in [3.63, 3.8) is 0 Å². The van der Waals surface area contributed by atoms with Gasteiger partial charge in [-0.1, -0.05) is 97.1 Å². The summed E-state index contributed by atoms with van der Waals surface area (Å²) >= 11 is 0. The smallest absolute Gasteiger partial charge is 0.335 e. The van der Waals surface area contributed by atoms with Gasteiger partial charge in [-0.3, -0.25) is 24.7 Å². The van der Waals surface area contributed by atoms with Gasteiger partial charge in [0.25, 0.3) is 17.4 Å². The van der Waals surface area contributed by atoms with Crippen LogP contribution in [0.3, 0.4) is 0 Å². The highest BCUT2D eigenvalue weighted by atomic mass is 35.5. The third kappa shape index (κ3) is 11.7. The normalized spacial score (nSPS) is 12.9. The number of barbiturate groups is 1. The van der Waals surface area contributed by atoms with Gasteiger partial charge in [-0.05, 0) is 84.7 Å². The number of rotatable bonds is 10. The third-order valence-electron chi connectivity index (χ3n) is 11.3. The second-order valence-electron chi connectivity index (χ2n) is 15.7. The van der Waals surface area contributed by atoms with Crippen molar-refractivity contribution in [2.45, 2.75) is 13.8 Å². The number of amides is 4. The summed E-state index contributed by atoms with van der Waals surface area (Å²) in [5.74, 6) is -1.70. The molecule has 0 radical (unpaired) electrons. The van der Waals surface area contributed by atoms with E-state index >= 15 is 0 Å². The highest BCUT2D eigenvalue weighted by Crippen LogP contribution is 2.25. The minimum absolute atomic E-state index is 0. The summed E-state index contributed by atoms with van der Waals surface area (Å²) in [6.07, 6.45) is 14.0. The fourth-order valence-corrected chi connectivity index (χ4v) is 7.64. The molecule has 1 aliphatic heterocycles. The number of ether oxygens (including phenoxy) is 1. The molecule has 0 unspecified atom stereocenters. The number of para-hydroxylation sites is 4. The molecule has 1 saturated heterocycles. The molecule has 4 heterocycles. The zero-order valence-corrected chi connectivity index (χ0v) is 40.1. The molecule has 0 saturated carbocycles. The third-order valence-corrected chi connectivity index (χ3v) is 11.3. The summed E-state index contributed by atoms with van der Waals surface area (Å²) in [5, 5.41) is 13.1. The van der Waals surface area contributed by atoms with Crippen LogP contribution in [0.15, 0.2) is 216 Å². The fraction of sp³-hybridized carbons (Fsp3) is 0.0536. The summed E-state index contributed by atoms with van der Waals surface area (Å²) in [7, 11) is 1.51. The van der Waals surface area contributed by atoms with Crippen molar-refractivity contribution in [3.05, 3.63) is 249 Å². The SMILES string of the molecule is COc1ccc(C(C=Cc2c(O)n(-c3ccccc3)c(=O)[nH]c2=O)=CC=C2C(=O)NC(=O)N(c3ccccc3)C2=O)cc1.Cc1ccccc1-[n+]1ccc(-c2cc[n+](-c3ccccc3C)cc2)cc1.[Cl-].[Cl-]. The predicted octanol–water partition coefficient (Wildman–Crippen LogP) is 2.08. The highest BCUT2D eigenvalue weighted by molar-refractivity contribution is 6.37. The van der Waals surface area contributed by atoms with Crippen LogP contribution >= 0.6 is 0 Å². The van der Waals surface area contributed by atoms with E-state index < -0.39 is 35.0 Å². The summed E-state index contributed by atoms with van der Waals surface area (Å²) in [5.41, 5.74) is 6.87. The molecular formula is C56H46Cl2N6O7. The number of imide groups is 2. The zero-order chi connectivity index (χ0) is 48.4. The molecule has 356 valence electrons. The fourth-order valence-electron chi connectivity index (χ4n) is 7.64. The van der Waals surface area contributed by atoms with Crippen molar-refractivity contribution in [2.24, 2.45) is 0 Å². The van der Waals surface area contributed by atoms with Crippen LogP contribution in [-0.2, 0) is 9.59 Å². The Balaban J connectivity index is 0.000000252. The number of aromatic hydroxyl groups is 1. The van der Waals surface area contributed by atoms with Crippen LogP contribution < -0.4 is 60.2 Å². The van der Waals surface area contributed by atoms with E-state index in [4.69, 9.17) is 4.74 Å². The van der Waals surface area contributed by atoms with E-state index in [9.17, 15) is 29.1 Å². The van der Waals surface area contributed by atoms with Crippen molar-refractivity contribution in [1.29, 1.82) is 0 Å². The number of urea groups is 1. The number of aromatic amines is 1. The zero-order valence-electron chi connectivity index (χ0n) is 38.6. The average Bonchev–Trinajstić information content (AvgIpc) is 3.37. The molecular weight excluding hydrogens is 940 g/mol. The lowest BCUT2D eigenvalue weighted by Crippen LogP contribution is -3.00. The van der Waals surface area contributed by atoms with Gasteiger partial charge in [0.05, 0.1) is 18.5 Å². The summed E-state index contributed by atoms with van der Waals surface area (Å²) in [6.45, 7) is 4.27. The van der Waals surface area contributed by atoms with Crippen LogP contribution in [0.25, 0.3) is 39.8 Å². The Morgan fingerprint density at radius 3 is 1.62 bits per heavy atom. The molecule has 13 nitrogen and oxygen atoms in total. The van der Waals surface area contributed by atoms with E-state index in [1.807, 2.05) is 0 Å². The van der Waals surface area contributed by atoms with E-state index in [0.29, 0.717) is 22.6 Å². The topological polar surface area (TPSA) is 159 Å². The molecule has 0 aliphatic carbocycles. The second kappa shape index (κ2) is 23.4. The molecule has 1 aliphatic rings. The first-order chi connectivity index (χ1) is 33.5. The minimum atomic E-state index is -0.875. The quantitative estimate of drug-likeness (QED) is 0.0820. The maximum absolute atomic E-state index is 13.3. The molecule has 5 aromatic carbocycles. The van der Waals surface area contributed by atoms with Gasteiger partial charge < -0.3 is 34.7 Å². The van der Waals surface area contributed by atoms with Crippen LogP contribution in [0.4, 0.5) is 10.5 Å². The number of aromatic nitrogens is 4. The molecule has 8 aromatic rings. The highest BCUT2D eigenvalue weighted by Gasteiger charge is 2.36. The summed E-state index contributed by atoms with van der Waals surface area (Å²) in [6, 6.07) is 47.9. The molecule has 3 aromatic heterocycles. The van der Waals surface area contributed by atoms with Gasteiger partial charge >= 0.3 is 11.7 Å². The van der Waals surface area contributed by atoms with Crippen LogP contribution in [0, 0.1) is 13.8 Å². The van der Waals surface area contributed by atoms with E-state index in [0.717, 1.165) is 9.47 Å². The number of methoxy groups -OCH3 is 1. The number of hydrogen-bond donors (Lipinski definition) is 3. The van der Waals surface area contributed by atoms with Gasteiger partial charge in [-0.25, -0.2) is 19.1 Å². The molecule has 0 bridgehead atoms. The van der Waals surface area contributed by atoms with Crippen LogP contribution in [0.1, 0.15) is 22.3 Å². The molecule has 4 amide bonds. The molecule has 0 spiro atoms. The Morgan fingerprint density at radius 1 is 0.620 bits per heavy atom. The molecule has 0 atom stereocenters. The molecule has 15 heteroatoms. The number of allylic oxidation sites excluding steroid dienone is 4. The molecule has 3 N–H and O–H groups in total. The van der Waals surface area contributed by atoms with Gasteiger partial charge in [0, 0.05) is 47.5 Å². The predicted molar refractivity (Wildman–Crippen MR) is 264 cm³/mol. The largest absolute Gasteiger partial charge is 1.00 e. The van der Waals surface area contributed by atoms with Gasteiger partial charge in [0.2, 0.25) is 17.3 Å². The van der Waals surface area contributed by atoms with Crippen molar-refractivity contribution < 1.29 is 58.2 Å². The Kier molecular flexibility index (Phi) is 17.0. The number of benzene rings is 5. The number of pyridine rings is 2. The van der Waals surface area contributed by atoms with Gasteiger partial charge in [-0.15, -0.1) is 0 Å². The first-order valence-corrected chi connectivity index (χ1v) is 21.8. The lowest BCUT2D eigenvalue weighted by atomic mass is 10.0. The first kappa shape index (κ1) is 51.5. The van der Waals surface area contributed by atoms with Crippen LogP contribution in [0.2, 0.25) is 0 Å². The van der Waals surface area contributed by atoms with Crippen molar-refractivity contribution in [1.82, 2.24) is 14.9 Å². The number of nitrogens with zero attached hydrogens (tertiary/aromatic N) is 4. The van der Waals surface area contributed by atoms with E-state index in [1.54, 1.807) is 84.9 Å². The lowest BCUT2D eigenvalue weighted by Gasteiger charge is -2.26. The standard InChI is InChI=1S/C32H24N4O7.C24H22N2.2ClH/c1-43-24-16-12-20(13-17-24)21(14-18-25-27(37)33-31(41)35(29(25)39)22-8-4-2-5-9-22)15-19-26-28(38)34-32(42)36(30(26)40)23-10-6-3-7-11-23;1-19-7-3-5-9-23(19)25-15-11-21(12-16-25)22-13-17-26(18-14-22)24-10-6-4-8-20(24)2;;/h2-19,39H,1H3,(H,33,37,41)(H,34,38,42);3-18H,1-2H3;2*1H/q;+2;;/p-2. The Labute approximate surface area is 421 Å². The number of carbonyl (C=O) groups is 3. The van der Waals surface area contributed by atoms with Crippen molar-refractivity contribution in [3.8, 4) is 39.8 Å². The number of H-pyrrole nitrogens is 1. The number of nitrogens with one attached hydrogen (secondary N) is 2. The molecule has 71 heavy (non-hydrogen) atoms. The van der Waals surface area contributed by atoms with E-state index in [1.165, 1.54) is 65.0 Å². The monoisotopic (exact) mass is 984 g/mol. The number of hydrogen-bond acceptors (Lipinski definition) is 7. The first-order valence-electron chi connectivity index (χ1n) is 21.8. The van der Waals surface area contributed by atoms with Gasteiger partial charge in [0.1, 0.15) is 16.9 Å². The van der Waals surface area contributed by atoms with Gasteiger partial charge in [-0.2, -0.15) is 9.13 Å². The van der Waals surface area contributed by atoms with Crippen molar-refractivity contribution >= 4 is 35.2 Å². The number of aryl methyl sites for hydroxylation is 2. The molecule has 1 fully saturated rings. The number of carbonyl (C=O) groups excluding carboxylic acids is 3. The maximum Gasteiger partial charge on any atom is 0.335 e. The summed E-state index contributed by atoms with van der Waals surface area (Å²) in [4.78, 5) is 66.7.